The first kappa shape index (κ1) is 24.3. The highest BCUT2D eigenvalue weighted by molar-refractivity contribution is 5.79. The number of hydrogen-bond donors (Lipinski definition) is 3. The molecule has 0 bridgehead atoms. The van der Waals surface area contributed by atoms with E-state index >= 15 is 0 Å². The summed E-state index contributed by atoms with van der Waals surface area (Å²) in [6.07, 6.45) is -1.31. The molecule has 0 amide bonds. The average molecular weight is 439 g/mol. The molecule has 1 aromatic heterocycles. The van der Waals surface area contributed by atoms with Crippen LogP contribution in [-0.4, -0.2) is 46.5 Å². The fourth-order valence-electron chi connectivity index (χ4n) is 2.94. The van der Waals surface area contributed by atoms with E-state index in [9.17, 15) is 18.3 Å². The molecule has 0 aliphatic carbocycles. The minimum absolute atomic E-state index is 0.177. The van der Waals surface area contributed by atoms with E-state index in [1.165, 1.54) is 19.4 Å². The van der Waals surface area contributed by atoms with Gasteiger partial charge in [0.05, 0.1) is 6.54 Å². The number of alkyl halides is 3. The number of aliphatic imine (C=N–C) groups is 1. The van der Waals surface area contributed by atoms with Crippen molar-refractivity contribution in [1.82, 2.24) is 20.2 Å². The van der Waals surface area contributed by atoms with Crippen molar-refractivity contribution in [2.75, 3.05) is 19.7 Å². The standard InChI is InChI=1S/C21H28F3N5O2/c1-4-14-31-17-9-7-6-8-16(17)15-28-19(25-5-2)27-11-10-20(30,21(22,23)24)18-26-12-13-29(18)3/h4,6-9,12-13,30H,1,5,10-11,14-15H2,2-3H3,(H2,25,27,28). The van der Waals surface area contributed by atoms with Crippen LogP contribution in [0.15, 0.2) is 54.3 Å². The summed E-state index contributed by atoms with van der Waals surface area (Å²) < 4.78 is 47.7. The van der Waals surface area contributed by atoms with Crippen LogP contribution in [0.2, 0.25) is 0 Å². The van der Waals surface area contributed by atoms with E-state index in [0.29, 0.717) is 24.9 Å². The van der Waals surface area contributed by atoms with E-state index in [4.69, 9.17) is 4.74 Å². The topological polar surface area (TPSA) is 83.7 Å². The number of nitrogens with one attached hydrogen (secondary N) is 2. The van der Waals surface area contributed by atoms with Gasteiger partial charge in [-0.1, -0.05) is 30.9 Å². The van der Waals surface area contributed by atoms with Gasteiger partial charge in [-0.2, -0.15) is 13.2 Å². The van der Waals surface area contributed by atoms with E-state index in [1.807, 2.05) is 31.2 Å². The average Bonchev–Trinajstić information content (AvgIpc) is 3.16. The maximum absolute atomic E-state index is 13.6. The molecule has 170 valence electrons. The third-order valence-electron chi connectivity index (χ3n) is 4.52. The molecule has 0 aliphatic rings. The fraction of sp³-hybridized carbons (Fsp3) is 0.429. The highest BCUT2D eigenvalue weighted by Crippen LogP contribution is 2.40. The normalized spacial score (nSPS) is 14.1. The van der Waals surface area contributed by atoms with Crippen molar-refractivity contribution in [1.29, 1.82) is 0 Å². The van der Waals surface area contributed by atoms with Crippen molar-refractivity contribution < 1.29 is 23.0 Å². The largest absolute Gasteiger partial charge is 0.489 e. The summed E-state index contributed by atoms with van der Waals surface area (Å²) in [6, 6.07) is 7.35. The zero-order valence-electron chi connectivity index (χ0n) is 17.6. The number of hydrogen-bond acceptors (Lipinski definition) is 4. The predicted octanol–water partition coefficient (Wildman–Crippen LogP) is 2.88. The van der Waals surface area contributed by atoms with Crippen LogP contribution < -0.4 is 15.4 Å². The molecular weight excluding hydrogens is 411 g/mol. The lowest BCUT2D eigenvalue weighted by molar-refractivity contribution is -0.272. The van der Waals surface area contributed by atoms with Gasteiger partial charge in [0, 0.05) is 44.5 Å². The summed E-state index contributed by atoms with van der Waals surface area (Å²) in [6.45, 7) is 6.41. The quantitative estimate of drug-likeness (QED) is 0.301. The van der Waals surface area contributed by atoms with Crippen molar-refractivity contribution >= 4 is 5.96 Å². The summed E-state index contributed by atoms with van der Waals surface area (Å²) in [5, 5.41) is 16.3. The smallest absolute Gasteiger partial charge is 0.424 e. The van der Waals surface area contributed by atoms with Crippen LogP contribution in [0.5, 0.6) is 5.75 Å². The number of aryl methyl sites for hydroxylation is 1. The van der Waals surface area contributed by atoms with Gasteiger partial charge in [-0.05, 0) is 13.0 Å². The van der Waals surface area contributed by atoms with E-state index in [-0.39, 0.29) is 13.1 Å². The summed E-state index contributed by atoms with van der Waals surface area (Å²) in [4.78, 5) is 8.12. The Balaban J connectivity index is 2.10. The molecule has 1 aromatic carbocycles. The highest BCUT2D eigenvalue weighted by Gasteiger charge is 2.57. The van der Waals surface area contributed by atoms with Gasteiger partial charge in [0.15, 0.2) is 5.96 Å². The molecule has 0 spiro atoms. The number of nitrogens with zero attached hydrogens (tertiary/aromatic N) is 3. The molecule has 0 saturated carbocycles. The Labute approximate surface area is 179 Å². The summed E-state index contributed by atoms with van der Waals surface area (Å²) in [5.74, 6) is 0.519. The van der Waals surface area contributed by atoms with Crippen LogP contribution >= 0.6 is 0 Å². The SMILES string of the molecule is C=CCOc1ccccc1CN=C(NCC)NCCC(O)(c1nccn1C)C(F)(F)F. The molecule has 0 radical (unpaired) electrons. The minimum atomic E-state index is -4.88. The fourth-order valence-corrected chi connectivity index (χ4v) is 2.94. The number of benzene rings is 1. The Morgan fingerprint density at radius 1 is 1.32 bits per heavy atom. The highest BCUT2D eigenvalue weighted by atomic mass is 19.4. The third kappa shape index (κ3) is 6.24. The number of aliphatic hydroxyl groups is 1. The van der Waals surface area contributed by atoms with Gasteiger partial charge >= 0.3 is 6.18 Å². The molecule has 2 aromatic rings. The van der Waals surface area contributed by atoms with Gasteiger partial charge in [-0.25, -0.2) is 9.98 Å². The van der Waals surface area contributed by atoms with Gasteiger partial charge in [0.25, 0.3) is 0 Å². The van der Waals surface area contributed by atoms with Crippen molar-refractivity contribution in [2.45, 2.75) is 31.7 Å². The van der Waals surface area contributed by atoms with E-state index < -0.39 is 24.0 Å². The Morgan fingerprint density at radius 3 is 2.68 bits per heavy atom. The molecule has 10 heteroatoms. The molecule has 0 aliphatic heterocycles. The number of guanidine groups is 1. The second-order valence-corrected chi connectivity index (χ2v) is 6.80. The Morgan fingerprint density at radius 2 is 2.06 bits per heavy atom. The molecule has 7 nitrogen and oxygen atoms in total. The summed E-state index contributed by atoms with van der Waals surface area (Å²) in [5.41, 5.74) is -2.26. The van der Waals surface area contributed by atoms with Crippen molar-refractivity contribution in [3.63, 3.8) is 0 Å². The maximum Gasteiger partial charge on any atom is 0.424 e. The Hall–Kier alpha value is -3.01. The van der Waals surface area contributed by atoms with Gasteiger partial charge < -0.3 is 25.0 Å². The lowest BCUT2D eigenvalue weighted by atomic mass is 9.97. The lowest BCUT2D eigenvalue weighted by Crippen LogP contribution is -2.47. The zero-order chi connectivity index (χ0) is 22.9. The molecule has 31 heavy (non-hydrogen) atoms. The second kappa shape index (κ2) is 10.9. The zero-order valence-corrected chi connectivity index (χ0v) is 17.6. The third-order valence-corrected chi connectivity index (χ3v) is 4.52. The minimum Gasteiger partial charge on any atom is -0.489 e. The number of imidazole rings is 1. The molecule has 3 N–H and O–H groups in total. The van der Waals surface area contributed by atoms with E-state index in [2.05, 4.69) is 27.2 Å². The molecule has 1 unspecified atom stereocenters. The second-order valence-electron chi connectivity index (χ2n) is 6.80. The molecule has 0 saturated heterocycles. The van der Waals surface area contributed by atoms with Crippen LogP contribution in [0, 0.1) is 0 Å². The molecule has 2 rings (SSSR count). The van der Waals surface area contributed by atoms with Crippen LogP contribution in [0.4, 0.5) is 13.2 Å². The van der Waals surface area contributed by atoms with Crippen LogP contribution in [-0.2, 0) is 19.2 Å². The van der Waals surface area contributed by atoms with E-state index in [0.717, 1.165) is 10.1 Å². The van der Waals surface area contributed by atoms with Crippen LogP contribution in [0.1, 0.15) is 24.7 Å². The first-order valence-electron chi connectivity index (χ1n) is 9.83. The maximum atomic E-state index is 13.6. The summed E-state index contributed by atoms with van der Waals surface area (Å²) in [7, 11) is 1.41. The number of halogens is 3. The van der Waals surface area contributed by atoms with Gasteiger partial charge in [-0.15, -0.1) is 0 Å². The molecule has 1 atom stereocenters. The number of ether oxygens (including phenoxy) is 1. The van der Waals surface area contributed by atoms with Gasteiger partial charge in [0.2, 0.25) is 5.60 Å². The molecule has 0 fully saturated rings. The van der Waals surface area contributed by atoms with Gasteiger partial charge in [0.1, 0.15) is 18.2 Å². The number of rotatable bonds is 10. The van der Waals surface area contributed by atoms with Crippen molar-refractivity contribution in [3.8, 4) is 5.75 Å². The molecule has 1 heterocycles. The predicted molar refractivity (Wildman–Crippen MR) is 113 cm³/mol. The number of para-hydroxylation sites is 1. The van der Waals surface area contributed by atoms with Crippen LogP contribution in [0.25, 0.3) is 0 Å². The Bertz CT molecular complexity index is 882. The number of aromatic nitrogens is 2. The van der Waals surface area contributed by atoms with Gasteiger partial charge in [-0.3, -0.25) is 0 Å². The first-order valence-corrected chi connectivity index (χ1v) is 9.83. The van der Waals surface area contributed by atoms with Crippen molar-refractivity contribution in [2.24, 2.45) is 12.0 Å². The van der Waals surface area contributed by atoms with Crippen LogP contribution in [0.3, 0.4) is 0 Å². The first-order chi connectivity index (χ1) is 14.7. The van der Waals surface area contributed by atoms with Crippen molar-refractivity contribution in [3.05, 3.63) is 60.7 Å². The molecular formula is C21H28F3N5O2. The monoisotopic (exact) mass is 439 g/mol. The summed E-state index contributed by atoms with van der Waals surface area (Å²) >= 11 is 0. The van der Waals surface area contributed by atoms with E-state index in [1.54, 1.807) is 6.08 Å². The Kier molecular flexibility index (Phi) is 8.49. The lowest BCUT2D eigenvalue weighted by Gasteiger charge is -2.30.